The molecule has 13 heavy (non-hydrogen) atoms. The van der Waals surface area contributed by atoms with Crippen molar-refractivity contribution < 1.29 is 4.74 Å². The van der Waals surface area contributed by atoms with E-state index in [1.807, 2.05) is 0 Å². The monoisotopic (exact) mass is 187 g/mol. The van der Waals surface area contributed by atoms with Gasteiger partial charge in [0.1, 0.15) is 0 Å². The normalized spacial score (nSPS) is 15.0. The molecule has 0 spiro atoms. The van der Waals surface area contributed by atoms with Crippen molar-refractivity contribution in [3.8, 4) is 0 Å². The van der Waals surface area contributed by atoms with Gasteiger partial charge in [-0.05, 0) is 39.5 Å². The minimum atomic E-state index is -0.0302. The quantitative estimate of drug-likeness (QED) is 0.718. The molecule has 0 fully saturated rings. The van der Waals surface area contributed by atoms with E-state index in [1.54, 1.807) is 0 Å². The maximum atomic E-state index is 5.92. The fraction of sp³-hybridized carbons (Fsp3) is 1.00. The lowest BCUT2D eigenvalue weighted by molar-refractivity contribution is -0.00648. The van der Waals surface area contributed by atoms with Crippen LogP contribution in [0.25, 0.3) is 0 Å². The van der Waals surface area contributed by atoms with Crippen molar-refractivity contribution in [1.82, 2.24) is 0 Å². The largest absolute Gasteiger partial charge is 0.376 e. The van der Waals surface area contributed by atoms with Gasteiger partial charge in [0, 0.05) is 12.6 Å². The predicted molar refractivity (Wildman–Crippen MR) is 57.8 cm³/mol. The fourth-order valence-corrected chi connectivity index (χ4v) is 1.24. The fourth-order valence-electron chi connectivity index (χ4n) is 1.24. The first kappa shape index (κ1) is 12.9. The molecule has 2 N–H and O–H groups in total. The van der Waals surface area contributed by atoms with Crippen LogP contribution >= 0.6 is 0 Å². The standard InChI is InChI=1S/C11H25NO/c1-9(2)8-10(12)6-7-13-11(3,4)5/h9-10H,6-8,12H2,1-5H3. The molecule has 0 aromatic carbocycles. The Balaban J connectivity index is 3.42. The van der Waals surface area contributed by atoms with E-state index in [0.29, 0.717) is 12.0 Å². The van der Waals surface area contributed by atoms with Crippen molar-refractivity contribution in [3.63, 3.8) is 0 Å². The lowest BCUT2D eigenvalue weighted by Gasteiger charge is -2.21. The summed E-state index contributed by atoms with van der Waals surface area (Å²) < 4.78 is 5.60. The van der Waals surface area contributed by atoms with E-state index in [2.05, 4.69) is 34.6 Å². The summed E-state index contributed by atoms with van der Waals surface area (Å²) in [6.07, 6.45) is 2.06. The zero-order valence-corrected chi connectivity index (χ0v) is 9.76. The lowest BCUT2D eigenvalue weighted by atomic mass is 10.0. The number of nitrogens with two attached hydrogens (primary N) is 1. The van der Waals surface area contributed by atoms with E-state index in [9.17, 15) is 0 Å². The summed E-state index contributed by atoms with van der Waals surface area (Å²) in [5, 5.41) is 0. The van der Waals surface area contributed by atoms with Crippen LogP contribution in [0.5, 0.6) is 0 Å². The van der Waals surface area contributed by atoms with Gasteiger partial charge in [0.2, 0.25) is 0 Å². The van der Waals surface area contributed by atoms with Crippen LogP contribution in [0.15, 0.2) is 0 Å². The van der Waals surface area contributed by atoms with Crippen LogP contribution in [0, 0.1) is 5.92 Å². The molecule has 0 aliphatic carbocycles. The molecule has 2 heteroatoms. The molecule has 0 aliphatic rings. The van der Waals surface area contributed by atoms with Crippen LogP contribution in [-0.4, -0.2) is 18.2 Å². The summed E-state index contributed by atoms with van der Waals surface area (Å²) in [6, 6.07) is 0.294. The van der Waals surface area contributed by atoms with Crippen LogP contribution in [0.1, 0.15) is 47.5 Å². The van der Waals surface area contributed by atoms with E-state index in [-0.39, 0.29) is 5.60 Å². The van der Waals surface area contributed by atoms with Gasteiger partial charge in [0.15, 0.2) is 0 Å². The highest BCUT2D eigenvalue weighted by Gasteiger charge is 2.11. The summed E-state index contributed by atoms with van der Waals surface area (Å²) in [4.78, 5) is 0. The molecule has 0 aliphatic heterocycles. The van der Waals surface area contributed by atoms with Gasteiger partial charge in [-0.15, -0.1) is 0 Å². The van der Waals surface area contributed by atoms with Crippen molar-refractivity contribution >= 4 is 0 Å². The van der Waals surface area contributed by atoms with Crippen molar-refractivity contribution in [2.75, 3.05) is 6.61 Å². The Morgan fingerprint density at radius 2 is 1.77 bits per heavy atom. The first-order valence-corrected chi connectivity index (χ1v) is 5.21. The summed E-state index contributed by atoms with van der Waals surface area (Å²) in [7, 11) is 0. The van der Waals surface area contributed by atoms with Gasteiger partial charge in [-0.2, -0.15) is 0 Å². The molecule has 0 amide bonds. The zero-order valence-electron chi connectivity index (χ0n) is 9.76. The molecule has 0 saturated carbocycles. The third kappa shape index (κ3) is 9.84. The molecule has 0 saturated heterocycles. The van der Waals surface area contributed by atoms with Gasteiger partial charge in [-0.25, -0.2) is 0 Å². The Labute approximate surface area is 82.8 Å². The molecule has 2 nitrogen and oxygen atoms in total. The highest BCUT2D eigenvalue weighted by molar-refractivity contribution is 4.65. The SMILES string of the molecule is CC(C)CC(N)CCOC(C)(C)C. The number of rotatable bonds is 5. The van der Waals surface area contributed by atoms with Gasteiger partial charge in [0.05, 0.1) is 5.60 Å². The Kier molecular flexibility index (Phi) is 5.57. The second-order valence-electron chi connectivity index (χ2n) is 5.14. The average molecular weight is 187 g/mol. The molecule has 0 bridgehead atoms. The number of hydrogen-bond acceptors (Lipinski definition) is 2. The Morgan fingerprint density at radius 3 is 2.15 bits per heavy atom. The predicted octanol–water partition coefficient (Wildman–Crippen LogP) is 2.57. The van der Waals surface area contributed by atoms with Gasteiger partial charge in [-0.3, -0.25) is 0 Å². The highest BCUT2D eigenvalue weighted by Crippen LogP contribution is 2.10. The maximum Gasteiger partial charge on any atom is 0.0598 e. The molecule has 0 aromatic rings. The van der Waals surface area contributed by atoms with Gasteiger partial charge in [0.25, 0.3) is 0 Å². The first-order valence-electron chi connectivity index (χ1n) is 5.21. The number of hydrogen-bond donors (Lipinski definition) is 1. The molecule has 0 rings (SSSR count). The van der Waals surface area contributed by atoms with E-state index in [4.69, 9.17) is 10.5 Å². The van der Waals surface area contributed by atoms with Crippen LogP contribution in [0.4, 0.5) is 0 Å². The molecular formula is C11H25NO. The Hall–Kier alpha value is -0.0800. The van der Waals surface area contributed by atoms with Crippen LogP contribution in [-0.2, 0) is 4.74 Å². The van der Waals surface area contributed by atoms with Crippen molar-refractivity contribution in [3.05, 3.63) is 0 Å². The summed E-state index contributed by atoms with van der Waals surface area (Å²) in [5.74, 6) is 0.685. The van der Waals surface area contributed by atoms with Gasteiger partial charge >= 0.3 is 0 Å². The minimum Gasteiger partial charge on any atom is -0.376 e. The van der Waals surface area contributed by atoms with Crippen LogP contribution < -0.4 is 5.73 Å². The average Bonchev–Trinajstić information content (AvgIpc) is 1.81. The molecule has 0 aromatic heterocycles. The molecule has 0 radical (unpaired) electrons. The smallest absolute Gasteiger partial charge is 0.0598 e. The Bertz CT molecular complexity index is 127. The first-order chi connectivity index (χ1) is 5.81. The second-order valence-corrected chi connectivity index (χ2v) is 5.14. The van der Waals surface area contributed by atoms with Crippen LogP contribution in [0.3, 0.4) is 0 Å². The molecule has 1 unspecified atom stereocenters. The highest BCUT2D eigenvalue weighted by atomic mass is 16.5. The van der Waals surface area contributed by atoms with Crippen LogP contribution in [0.2, 0.25) is 0 Å². The van der Waals surface area contributed by atoms with Gasteiger partial charge in [-0.1, -0.05) is 13.8 Å². The third-order valence-corrected chi connectivity index (χ3v) is 1.80. The van der Waals surface area contributed by atoms with Gasteiger partial charge < -0.3 is 10.5 Å². The molecular weight excluding hydrogens is 162 g/mol. The number of ether oxygens (including phenoxy) is 1. The van der Waals surface area contributed by atoms with Crippen molar-refractivity contribution in [1.29, 1.82) is 0 Å². The lowest BCUT2D eigenvalue weighted by Crippen LogP contribution is -2.27. The topological polar surface area (TPSA) is 35.2 Å². The summed E-state index contributed by atoms with van der Waals surface area (Å²) >= 11 is 0. The molecule has 1 atom stereocenters. The van der Waals surface area contributed by atoms with E-state index in [1.165, 1.54) is 0 Å². The minimum absolute atomic E-state index is 0.0302. The molecule has 0 heterocycles. The zero-order chi connectivity index (χ0) is 10.5. The maximum absolute atomic E-state index is 5.92. The van der Waals surface area contributed by atoms with E-state index < -0.39 is 0 Å². The third-order valence-electron chi connectivity index (χ3n) is 1.80. The van der Waals surface area contributed by atoms with E-state index >= 15 is 0 Å². The second kappa shape index (κ2) is 5.61. The van der Waals surface area contributed by atoms with Crippen molar-refractivity contribution in [2.45, 2.75) is 59.1 Å². The summed E-state index contributed by atoms with van der Waals surface area (Å²) in [5.41, 5.74) is 5.89. The Morgan fingerprint density at radius 1 is 1.23 bits per heavy atom. The van der Waals surface area contributed by atoms with E-state index in [0.717, 1.165) is 19.4 Å². The molecule has 80 valence electrons. The summed E-state index contributed by atoms with van der Waals surface area (Å²) in [6.45, 7) is 11.4. The van der Waals surface area contributed by atoms with Crippen molar-refractivity contribution in [2.24, 2.45) is 11.7 Å².